The van der Waals surface area contributed by atoms with E-state index in [9.17, 15) is 18.4 Å². The third-order valence-electron chi connectivity index (χ3n) is 3.67. The number of thiazole rings is 1. The van der Waals surface area contributed by atoms with Crippen LogP contribution in [-0.4, -0.2) is 23.6 Å². The minimum absolute atomic E-state index is 0.0225. The van der Waals surface area contributed by atoms with Crippen molar-refractivity contribution in [2.45, 2.75) is 6.54 Å². The van der Waals surface area contributed by atoms with E-state index in [1.165, 1.54) is 35.9 Å². The van der Waals surface area contributed by atoms with Gasteiger partial charge in [0, 0.05) is 11.6 Å². The number of amides is 1. The normalized spacial score (nSPS) is 11.4. The SMILES string of the molecule is COC(=O)Cn1c(=NC(=O)c2ccc(C#N)cc2)sc2cc(F)cc(F)c21. The number of carbonyl (C=O) groups is 2. The molecule has 0 atom stereocenters. The van der Waals surface area contributed by atoms with Crippen molar-refractivity contribution in [3.8, 4) is 6.07 Å². The summed E-state index contributed by atoms with van der Waals surface area (Å²) in [5.74, 6) is -2.98. The number of benzene rings is 2. The fourth-order valence-electron chi connectivity index (χ4n) is 2.39. The van der Waals surface area contributed by atoms with Gasteiger partial charge in [0.15, 0.2) is 10.6 Å². The fraction of sp³-hybridized carbons (Fsp3) is 0.111. The number of fused-ring (bicyclic) bond motifs is 1. The average Bonchev–Trinajstić information content (AvgIpc) is 2.98. The Balaban J connectivity index is 2.16. The smallest absolute Gasteiger partial charge is 0.325 e. The molecule has 9 heteroatoms. The van der Waals surface area contributed by atoms with Gasteiger partial charge < -0.3 is 9.30 Å². The summed E-state index contributed by atoms with van der Waals surface area (Å²) in [7, 11) is 1.17. The molecule has 0 unspecified atom stereocenters. The van der Waals surface area contributed by atoms with Gasteiger partial charge in [0.25, 0.3) is 5.91 Å². The lowest BCUT2D eigenvalue weighted by molar-refractivity contribution is -0.141. The van der Waals surface area contributed by atoms with E-state index >= 15 is 0 Å². The van der Waals surface area contributed by atoms with Gasteiger partial charge in [0.2, 0.25) is 0 Å². The van der Waals surface area contributed by atoms with Crippen molar-refractivity contribution in [2.24, 2.45) is 4.99 Å². The third kappa shape index (κ3) is 3.75. The fourth-order valence-corrected chi connectivity index (χ4v) is 3.46. The van der Waals surface area contributed by atoms with E-state index in [4.69, 9.17) is 5.26 Å². The first-order valence-electron chi connectivity index (χ1n) is 7.57. The van der Waals surface area contributed by atoms with Crippen LogP contribution in [0.15, 0.2) is 41.4 Å². The van der Waals surface area contributed by atoms with Crippen LogP contribution in [0, 0.1) is 23.0 Å². The van der Waals surface area contributed by atoms with E-state index in [1.807, 2.05) is 6.07 Å². The van der Waals surface area contributed by atoms with Gasteiger partial charge in [-0.25, -0.2) is 8.78 Å². The van der Waals surface area contributed by atoms with Crippen molar-refractivity contribution in [3.63, 3.8) is 0 Å². The van der Waals surface area contributed by atoms with Crippen molar-refractivity contribution < 1.29 is 23.1 Å². The minimum Gasteiger partial charge on any atom is -0.468 e. The number of aromatic nitrogens is 1. The molecular weight excluding hydrogens is 376 g/mol. The molecule has 0 saturated heterocycles. The van der Waals surface area contributed by atoms with Crippen LogP contribution in [0.4, 0.5) is 8.78 Å². The number of nitrogens with zero attached hydrogens (tertiary/aromatic N) is 3. The van der Waals surface area contributed by atoms with Gasteiger partial charge in [-0.1, -0.05) is 11.3 Å². The Morgan fingerprint density at radius 1 is 1.26 bits per heavy atom. The number of ether oxygens (including phenoxy) is 1. The van der Waals surface area contributed by atoms with Crippen molar-refractivity contribution in [1.29, 1.82) is 5.26 Å². The number of rotatable bonds is 3. The zero-order valence-corrected chi connectivity index (χ0v) is 14.7. The monoisotopic (exact) mass is 387 g/mol. The Hall–Kier alpha value is -3.38. The van der Waals surface area contributed by atoms with Gasteiger partial charge in [-0.2, -0.15) is 10.3 Å². The Morgan fingerprint density at radius 2 is 1.96 bits per heavy atom. The maximum Gasteiger partial charge on any atom is 0.325 e. The van der Waals surface area contributed by atoms with E-state index in [-0.39, 0.29) is 20.6 Å². The van der Waals surface area contributed by atoms with Crippen LogP contribution in [0.1, 0.15) is 15.9 Å². The second-order valence-electron chi connectivity index (χ2n) is 5.39. The predicted molar refractivity (Wildman–Crippen MR) is 92.8 cm³/mol. The topological polar surface area (TPSA) is 84.5 Å². The highest BCUT2D eigenvalue weighted by Crippen LogP contribution is 2.22. The van der Waals surface area contributed by atoms with Gasteiger partial charge in [0.1, 0.15) is 12.4 Å². The summed E-state index contributed by atoms with van der Waals surface area (Å²) in [5.41, 5.74) is 0.549. The van der Waals surface area contributed by atoms with E-state index in [2.05, 4.69) is 9.73 Å². The number of nitriles is 1. The van der Waals surface area contributed by atoms with Crippen LogP contribution in [0.2, 0.25) is 0 Å². The van der Waals surface area contributed by atoms with Gasteiger partial charge in [-0.05, 0) is 30.3 Å². The van der Waals surface area contributed by atoms with Gasteiger partial charge >= 0.3 is 5.97 Å². The molecule has 0 radical (unpaired) electrons. The van der Waals surface area contributed by atoms with Crippen LogP contribution in [0.5, 0.6) is 0 Å². The zero-order valence-electron chi connectivity index (χ0n) is 13.9. The number of methoxy groups -OCH3 is 1. The summed E-state index contributed by atoms with van der Waals surface area (Å²) in [6, 6.07) is 9.52. The summed E-state index contributed by atoms with van der Waals surface area (Å²) < 4.78 is 33.7. The minimum atomic E-state index is -0.877. The molecule has 0 bridgehead atoms. The Bertz CT molecular complexity index is 1160. The molecule has 1 heterocycles. The molecule has 136 valence electrons. The Kier molecular flexibility index (Phi) is 5.09. The van der Waals surface area contributed by atoms with Gasteiger partial charge in [0.05, 0.1) is 29.0 Å². The number of carbonyl (C=O) groups excluding carboxylic acids is 2. The molecule has 0 spiro atoms. The molecule has 1 aromatic heterocycles. The Morgan fingerprint density at radius 3 is 2.59 bits per heavy atom. The number of halogens is 2. The molecule has 27 heavy (non-hydrogen) atoms. The standard InChI is InChI=1S/C18H11F2N3O3S/c1-26-15(24)9-23-16-13(20)6-12(19)7-14(16)27-18(23)22-17(25)11-4-2-10(8-21)3-5-11/h2-7H,9H2,1H3. The van der Waals surface area contributed by atoms with Crippen LogP contribution in [0.25, 0.3) is 10.2 Å². The summed E-state index contributed by atoms with van der Waals surface area (Å²) in [6.07, 6.45) is 0. The highest BCUT2D eigenvalue weighted by atomic mass is 32.1. The van der Waals surface area contributed by atoms with E-state index in [0.717, 1.165) is 17.4 Å². The predicted octanol–water partition coefficient (Wildman–Crippen LogP) is 2.77. The molecule has 0 aliphatic heterocycles. The molecule has 0 saturated carbocycles. The van der Waals surface area contributed by atoms with E-state index in [0.29, 0.717) is 11.6 Å². The molecule has 2 aromatic carbocycles. The van der Waals surface area contributed by atoms with Crippen molar-refractivity contribution in [3.05, 3.63) is 64.0 Å². The molecule has 0 fully saturated rings. The second-order valence-corrected chi connectivity index (χ2v) is 6.40. The first-order valence-corrected chi connectivity index (χ1v) is 8.39. The summed E-state index contributed by atoms with van der Waals surface area (Å²) in [4.78, 5) is 28.1. The quantitative estimate of drug-likeness (QED) is 0.647. The molecular formula is C18H11F2N3O3S. The van der Waals surface area contributed by atoms with Crippen molar-refractivity contribution >= 4 is 33.4 Å². The highest BCUT2D eigenvalue weighted by Gasteiger charge is 2.16. The molecule has 6 nitrogen and oxygen atoms in total. The van der Waals surface area contributed by atoms with Crippen LogP contribution >= 0.6 is 11.3 Å². The number of hydrogen-bond donors (Lipinski definition) is 0. The molecule has 0 N–H and O–H groups in total. The first-order chi connectivity index (χ1) is 12.9. The molecule has 0 aliphatic rings. The average molecular weight is 387 g/mol. The maximum atomic E-state index is 14.3. The maximum absolute atomic E-state index is 14.3. The van der Waals surface area contributed by atoms with Gasteiger partial charge in [-0.15, -0.1) is 0 Å². The third-order valence-corrected chi connectivity index (χ3v) is 4.69. The largest absolute Gasteiger partial charge is 0.468 e. The lowest BCUT2D eigenvalue weighted by Gasteiger charge is -2.04. The summed E-state index contributed by atoms with van der Waals surface area (Å²) in [6.45, 7) is -0.390. The van der Waals surface area contributed by atoms with E-state index in [1.54, 1.807) is 0 Å². The molecule has 1 amide bonds. The van der Waals surface area contributed by atoms with Crippen LogP contribution in [-0.2, 0) is 16.1 Å². The molecule has 3 rings (SSSR count). The molecule has 3 aromatic rings. The summed E-state index contributed by atoms with van der Waals surface area (Å²) in [5, 5.41) is 8.81. The highest BCUT2D eigenvalue weighted by molar-refractivity contribution is 7.16. The second kappa shape index (κ2) is 7.47. The first kappa shape index (κ1) is 18.4. The van der Waals surface area contributed by atoms with Gasteiger partial charge in [-0.3, -0.25) is 9.59 Å². The number of hydrogen-bond acceptors (Lipinski definition) is 5. The van der Waals surface area contributed by atoms with Crippen LogP contribution < -0.4 is 4.80 Å². The van der Waals surface area contributed by atoms with E-state index < -0.39 is 30.1 Å². The van der Waals surface area contributed by atoms with Crippen molar-refractivity contribution in [2.75, 3.05) is 7.11 Å². The summed E-state index contributed by atoms with van der Waals surface area (Å²) >= 11 is 0.871. The Labute approximate surface area is 155 Å². The molecule has 0 aliphatic carbocycles. The van der Waals surface area contributed by atoms with Crippen molar-refractivity contribution in [1.82, 2.24) is 4.57 Å². The number of esters is 1. The zero-order chi connectivity index (χ0) is 19.6. The lowest BCUT2D eigenvalue weighted by Crippen LogP contribution is -2.22. The van der Waals surface area contributed by atoms with Crippen LogP contribution in [0.3, 0.4) is 0 Å². The lowest BCUT2D eigenvalue weighted by atomic mass is 10.1.